The molecule has 0 saturated carbocycles. The average Bonchev–Trinajstić information content (AvgIpc) is 3.05. The fourth-order valence-corrected chi connectivity index (χ4v) is 2.56. The van der Waals surface area contributed by atoms with E-state index in [9.17, 15) is 4.79 Å². The van der Waals surface area contributed by atoms with Crippen molar-refractivity contribution in [1.29, 1.82) is 0 Å². The fraction of sp³-hybridized carbons (Fsp3) is 0.500. The van der Waals surface area contributed by atoms with Gasteiger partial charge in [0.1, 0.15) is 5.82 Å². The Hall–Kier alpha value is -2.11. The Morgan fingerprint density at radius 2 is 2.35 bits per heavy atom. The van der Waals surface area contributed by atoms with Gasteiger partial charge in [0, 0.05) is 30.1 Å². The molecule has 0 spiro atoms. The predicted molar refractivity (Wildman–Crippen MR) is 75.4 cm³/mol. The molecule has 3 N–H and O–H groups in total. The minimum atomic E-state index is -0.00198. The van der Waals surface area contributed by atoms with Crippen LogP contribution in [0, 0.1) is 5.92 Å². The predicted octanol–water partition coefficient (Wildman–Crippen LogP) is 2.00. The third-order valence-corrected chi connectivity index (χ3v) is 3.75. The number of amides is 1. The van der Waals surface area contributed by atoms with Gasteiger partial charge in [-0.2, -0.15) is 5.10 Å². The number of carbonyl (C=O) groups is 1. The minimum absolute atomic E-state index is 0.00198. The first-order valence-corrected chi connectivity index (χ1v) is 7.00. The molecule has 3 rings (SSSR count). The topological polar surface area (TPSA) is 86.5 Å². The zero-order valence-corrected chi connectivity index (χ0v) is 11.7. The van der Waals surface area contributed by atoms with Crippen molar-refractivity contribution in [3.05, 3.63) is 29.6 Å². The maximum Gasteiger partial charge on any atom is 0.227 e. The molecule has 20 heavy (non-hydrogen) atoms. The summed E-state index contributed by atoms with van der Waals surface area (Å²) in [6, 6.07) is 0. The molecule has 6 nitrogen and oxygen atoms in total. The average molecular weight is 273 g/mol. The molecule has 0 radical (unpaired) electrons. The quantitative estimate of drug-likeness (QED) is 0.799. The van der Waals surface area contributed by atoms with Crippen LogP contribution >= 0.6 is 0 Å². The van der Waals surface area contributed by atoms with Gasteiger partial charge >= 0.3 is 0 Å². The van der Waals surface area contributed by atoms with Crippen LogP contribution < -0.4 is 5.32 Å². The van der Waals surface area contributed by atoms with Gasteiger partial charge in [-0.25, -0.2) is 4.98 Å². The molecule has 0 saturated heterocycles. The van der Waals surface area contributed by atoms with Crippen molar-refractivity contribution in [2.24, 2.45) is 5.92 Å². The molecule has 0 bridgehead atoms. The number of nitrogens with one attached hydrogen (secondary N) is 3. The van der Waals surface area contributed by atoms with Gasteiger partial charge < -0.3 is 10.3 Å². The highest BCUT2D eigenvalue weighted by Gasteiger charge is 2.27. The second-order valence-corrected chi connectivity index (χ2v) is 5.62. The molecule has 0 aromatic carbocycles. The molecule has 2 aromatic rings. The molecule has 1 aliphatic rings. The Bertz CT molecular complexity index is 599. The van der Waals surface area contributed by atoms with E-state index in [1.54, 1.807) is 12.4 Å². The van der Waals surface area contributed by atoms with E-state index in [0.717, 1.165) is 36.5 Å². The number of rotatable bonds is 3. The van der Waals surface area contributed by atoms with Crippen molar-refractivity contribution in [3.8, 4) is 0 Å². The first kappa shape index (κ1) is 12.9. The van der Waals surface area contributed by atoms with E-state index in [-0.39, 0.29) is 11.8 Å². The molecule has 1 amide bonds. The lowest BCUT2D eigenvalue weighted by molar-refractivity contribution is -0.120. The van der Waals surface area contributed by atoms with Crippen LogP contribution in [0.1, 0.15) is 43.4 Å². The number of carbonyl (C=O) groups excluding carboxylic acids is 1. The molecule has 2 aromatic heterocycles. The number of imidazole rings is 1. The number of hydrogen-bond acceptors (Lipinski definition) is 3. The van der Waals surface area contributed by atoms with Crippen LogP contribution in [0.4, 0.5) is 5.69 Å². The molecule has 0 aliphatic heterocycles. The first-order valence-electron chi connectivity index (χ1n) is 7.00. The van der Waals surface area contributed by atoms with Gasteiger partial charge in [-0.3, -0.25) is 9.89 Å². The molecule has 6 heteroatoms. The number of hydrogen-bond donors (Lipinski definition) is 3. The molecule has 1 atom stereocenters. The Morgan fingerprint density at radius 3 is 3.05 bits per heavy atom. The summed E-state index contributed by atoms with van der Waals surface area (Å²) in [5.74, 6) is 1.46. The monoisotopic (exact) mass is 273 g/mol. The Balaban J connectivity index is 1.70. The van der Waals surface area contributed by atoms with Crippen LogP contribution in [0.2, 0.25) is 0 Å². The van der Waals surface area contributed by atoms with Gasteiger partial charge in [0.15, 0.2) is 0 Å². The second-order valence-electron chi connectivity index (χ2n) is 5.62. The van der Waals surface area contributed by atoms with Crippen molar-refractivity contribution in [3.63, 3.8) is 0 Å². The highest BCUT2D eigenvalue weighted by atomic mass is 16.1. The molecule has 106 valence electrons. The van der Waals surface area contributed by atoms with Crippen molar-refractivity contribution >= 4 is 11.6 Å². The smallest absolute Gasteiger partial charge is 0.227 e. The molecule has 1 unspecified atom stereocenters. The lowest BCUT2D eigenvalue weighted by Crippen LogP contribution is -2.28. The van der Waals surface area contributed by atoms with Crippen LogP contribution in [-0.4, -0.2) is 26.1 Å². The number of anilines is 1. The highest BCUT2D eigenvalue weighted by Crippen LogP contribution is 2.26. The van der Waals surface area contributed by atoms with E-state index < -0.39 is 0 Å². The summed E-state index contributed by atoms with van der Waals surface area (Å²) in [5.41, 5.74) is 2.96. The maximum atomic E-state index is 12.2. The highest BCUT2D eigenvalue weighted by molar-refractivity contribution is 5.92. The van der Waals surface area contributed by atoms with E-state index in [1.165, 1.54) is 0 Å². The van der Waals surface area contributed by atoms with E-state index >= 15 is 0 Å². The van der Waals surface area contributed by atoms with E-state index in [4.69, 9.17) is 0 Å². The third kappa shape index (κ3) is 2.45. The van der Waals surface area contributed by atoms with Crippen molar-refractivity contribution in [2.75, 3.05) is 5.32 Å². The SMILES string of the molecule is CC(C)c1nc2c([nH]1)CC(C(=O)Nc1cn[nH]c1)CC2. The van der Waals surface area contributed by atoms with Crippen LogP contribution in [-0.2, 0) is 17.6 Å². The van der Waals surface area contributed by atoms with Gasteiger partial charge in [-0.15, -0.1) is 0 Å². The maximum absolute atomic E-state index is 12.2. The number of H-pyrrole nitrogens is 2. The summed E-state index contributed by atoms with van der Waals surface area (Å²) < 4.78 is 0. The summed E-state index contributed by atoms with van der Waals surface area (Å²) in [5, 5.41) is 9.40. The zero-order valence-electron chi connectivity index (χ0n) is 11.7. The lowest BCUT2D eigenvalue weighted by Gasteiger charge is -2.20. The van der Waals surface area contributed by atoms with Crippen molar-refractivity contribution in [1.82, 2.24) is 20.2 Å². The minimum Gasteiger partial charge on any atom is -0.345 e. The molecular formula is C14H19N5O. The van der Waals surface area contributed by atoms with E-state index in [0.29, 0.717) is 11.6 Å². The van der Waals surface area contributed by atoms with E-state index in [2.05, 4.69) is 39.3 Å². The van der Waals surface area contributed by atoms with Crippen LogP contribution in [0.15, 0.2) is 12.4 Å². The van der Waals surface area contributed by atoms with Gasteiger partial charge in [-0.05, 0) is 12.8 Å². The van der Waals surface area contributed by atoms with Crippen molar-refractivity contribution < 1.29 is 4.79 Å². The Morgan fingerprint density at radius 1 is 1.50 bits per heavy atom. The normalized spacial score (nSPS) is 18.1. The summed E-state index contributed by atoms with van der Waals surface area (Å²) in [4.78, 5) is 20.2. The van der Waals surface area contributed by atoms with Crippen molar-refractivity contribution in [2.45, 2.75) is 39.0 Å². The number of fused-ring (bicyclic) bond motifs is 1. The number of aryl methyl sites for hydroxylation is 1. The summed E-state index contributed by atoms with van der Waals surface area (Å²) in [6.07, 6.45) is 5.73. The number of nitrogens with zero attached hydrogens (tertiary/aromatic N) is 2. The zero-order chi connectivity index (χ0) is 14.1. The largest absolute Gasteiger partial charge is 0.345 e. The fourth-order valence-electron chi connectivity index (χ4n) is 2.56. The van der Waals surface area contributed by atoms with Gasteiger partial charge in [0.05, 0.1) is 17.6 Å². The Kier molecular flexibility index (Phi) is 3.30. The van der Waals surface area contributed by atoms with Gasteiger partial charge in [0.25, 0.3) is 0 Å². The standard InChI is InChI=1S/C14H19N5O/c1-8(2)13-18-11-4-3-9(5-12(11)19-13)14(20)17-10-6-15-16-7-10/h6-9H,3-5H2,1-2H3,(H,15,16)(H,17,20)(H,18,19). The van der Waals surface area contributed by atoms with Gasteiger partial charge in [0.2, 0.25) is 5.91 Å². The molecule has 0 fully saturated rings. The summed E-state index contributed by atoms with van der Waals surface area (Å²) in [7, 11) is 0. The van der Waals surface area contributed by atoms with Gasteiger partial charge in [-0.1, -0.05) is 13.8 Å². The summed E-state index contributed by atoms with van der Waals surface area (Å²) >= 11 is 0. The van der Waals surface area contributed by atoms with Crippen LogP contribution in [0.25, 0.3) is 0 Å². The second kappa shape index (κ2) is 5.11. The molecule has 2 heterocycles. The number of aromatic nitrogens is 4. The van der Waals surface area contributed by atoms with E-state index in [1.807, 2.05) is 0 Å². The van der Waals surface area contributed by atoms with Crippen LogP contribution in [0.5, 0.6) is 0 Å². The molecule has 1 aliphatic carbocycles. The first-order chi connectivity index (χ1) is 9.63. The lowest BCUT2D eigenvalue weighted by atomic mass is 9.89. The van der Waals surface area contributed by atoms with Crippen LogP contribution in [0.3, 0.4) is 0 Å². The third-order valence-electron chi connectivity index (χ3n) is 3.75. The summed E-state index contributed by atoms with van der Waals surface area (Å²) in [6.45, 7) is 4.24. The molecular weight excluding hydrogens is 254 g/mol. The number of aromatic amines is 2. The Labute approximate surface area is 117 Å².